The molecule has 9 nitrogen and oxygen atoms in total. The highest BCUT2D eigenvalue weighted by Gasteiger charge is 2.28. The normalized spacial score (nSPS) is 17.8. The monoisotopic (exact) mass is 423 g/mol. The van der Waals surface area contributed by atoms with Gasteiger partial charge in [0, 0.05) is 17.5 Å². The zero-order valence-electron chi connectivity index (χ0n) is 16.0. The number of esters is 1. The number of nitrogens with one attached hydrogen (secondary N) is 1. The van der Waals surface area contributed by atoms with Crippen molar-refractivity contribution < 1.29 is 31.9 Å². The molecule has 0 aliphatic carbocycles. The third-order valence-electron chi connectivity index (χ3n) is 4.78. The number of hydrogen-bond acceptors (Lipinski definition) is 8. The first-order chi connectivity index (χ1) is 13.7. The zero-order valence-corrected chi connectivity index (χ0v) is 16.8. The van der Waals surface area contributed by atoms with Gasteiger partial charge in [0.2, 0.25) is 0 Å². The number of rotatable bonds is 6. The lowest BCUT2D eigenvalue weighted by Crippen LogP contribution is -2.38. The molecule has 10 heteroatoms. The van der Waals surface area contributed by atoms with Crippen molar-refractivity contribution in [2.45, 2.75) is 25.8 Å². The Morgan fingerprint density at radius 3 is 2.72 bits per heavy atom. The molecule has 0 radical (unpaired) electrons. The van der Waals surface area contributed by atoms with E-state index in [9.17, 15) is 22.8 Å². The average molecular weight is 423 g/mol. The molecule has 0 bridgehead atoms. The Morgan fingerprint density at radius 1 is 1.31 bits per heavy atom. The van der Waals surface area contributed by atoms with Gasteiger partial charge in [-0.3, -0.25) is 9.59 Å². The van der Waals surface area contributed by atoms with Crippen molar-refractivity contribution in [3.05, 3.63) is 39.7 Å². The van der Waals surface area contributed by atoms with Gasteiger partial charge in [0.1, 0.15) is 11.3 Å². The van der Waals surface area contributed by atoms with Crippen LogP contribution in [0.1, 0.15) is 17.5 Å². The Labute approximate surface area is 166 Å². The molecule has 0 spiro atoms. The van der Waals surface area contributed by atoms with Crippen molar-refractivity contribution in [3.8, 4) is 5.75 Å². The van der Waals surface area contributed by atoms with Crippen LogP contribution in [0.25, 0.3) is 11.0 Å². The fourth-order valence-corrected chi connectivity index (χ4v) is 4.89. The summed E-state index contributed by atoms with van der Waals surface area (Å²) in [6.45, 7) is 1.41. The molecule has 0 saturated carbocycles. The molecular formula is C19H21NO8S. The largest absolute Gasteiger partial charge is 0.484 e. The Balaban J connectivity index is 1.70. The molecular weight excluding hydrogens is 402 g/mol. The first-order valence-electron chi connectivity index (χ1n) is 8.94. The number of benzene rings is 1. The van der Waals surface area contributed by atoms with E-state index in [0.29, 0.717) is 23.1 Å². The highest BCUT2D eigenvalue weighted by atomic mass is 32.2. The van der Waals surface area contributed by atoms with Crippen LogP contribution in [-0.2, 0) is 30.6 Å². The van der Waals surface area contributed by atoms with Crippen molar-refractivity contribution in [2.75, 3.05) is 25.2 Å². The molecule has 1 fully saturated rings. The van der Waals surface area contributed by atoms with Gasteiger partial charge in [-0.1, -0.05) is 0 Å². The van der Waals surface area contributed by atoms with E-state index in [0.717, 1.165) is 0 Å². The second-order valence-electron chi connectivity index (χ2n) is 6.86. The van der Waals surface area contributed by atoms with Crippen molar-refractivity contribution >= 4 is 32.7 Å². The van der Waals surface area contributed by atoms with Crippen molar-refractivity contribution in [2.24, 2.45) is 0 Å². The van der Waals surface area contributed by atoms with Crippen LogP contribution in [0.5, 0.6) is 5.75 Å². The van der Waals surface area contributed by atoms with Crippen molar-refractivity contribution in [1.82, 2.24) is 5.32 Å². The lowest BCUT2D eigenvalue weighted by Gasteiger charge is -2.12. The van der Waals surface area contributed by atoms with Crippen LogP contribution in [0.15, 0.2) is 27.4 Å². The Kier molecular flexibility index (Phi) is 5.92. The quantitative estimate of drug-likeness (QED) is 0.525. The van der Waals surface area contributed by atoms with Gasteiger partial charge in [0.25, 0.3) is 5.91 Å². The van der Waals surface area contributed by atoms with E-state index in [2.05, 4.69) is 10.1 Å². The summed E-state index contributed by atoms with van der Waals surface area (Å²) in [5.74, 6) is -0.652. The number of fused-ring (bicyclic) bond motifs is 1. The van der Waals surface area contributed by atoms with Crippen molar-refractivity contribution in [1.29, 1.82) is 0 Å². The predicted molar refractivity (Wildman–Crippen MR) is 104 cm³/mol. The number of ether oxygens (including phenoxy) is 2. The number of methoxy groups -OCH3 is 1. The lowest BCUT2D eigenvalue weighted by atomic mass is 10.0. The molecule has 1 aromatic carbocycles. The maximum atomic E-state index is 12.2. The van der Waals surface area contributed by atoms with Gasteiger partial charge in [-0.25, -0.2) is 13.2 Å². The summed E-state index contributed by atoms with van der Waals surface area (Å²) in [7, 11) is -1.84. The van der Waals surface area contributed by atoms with E-state index in [1.165, 1.54) is 13.2 Å². The van der Waals surface area contributed by atoms with Crippen LogP contribution in [-0.4, -0.2) is 51.6 Å². The fourth-order valence-electron chi connectivity index (χ4n) is 3.21. The minimum absolute atomic E-state index is 0.0624. The molecule has 1 saturated heterocycles. The van der Waals surface area contributed by atoms with Gasteiger partial charge in [-0.05, 0) is 31.0 Å². The maximum absolute atomic E-state index is 12.2. The van der Waals surface area contributed by atoms with Crippen LogP contribution in [0.4, 0.5) is 0 Å². The van der Waals surface area contributed by atoms with Crippen LogP contribution < -0.4 is 15.7 Å². The van der Waals surface area contributed by atoms with Crippen LogP contribution >= 0.6 is 0 Å². The standard InChI is InChI=1S/C19H21NO8S/c1-11-14-4-3-13(7-16(14)28-19(23)15(11)8-18(22)26-2)27-9-17(21)20-12-5-6-29(24,25)10-12/h3-4,7,12H,5-6,8-10H2,1-2H3,(H,20,21)/t12-/m1/s1. The number of sulfone groups is 1. The van der Waals surface area contributed by atoms with E-state index in [-0.39, 0.29) is 35.7 Å². The minimum atomic E-state index is -3.08. The fraction of sp³-hybridized carbons (Fsp3) is 0.421. The summed E-state index contributed by atoms with van der Waals surface area (Å²) >= 11 is 0. The van der Waals surface area contributed by atoms with Gasteiger partial charge in [-0.15, -0.1) is 0 Å². The molecule has 1 aliphatic rings. The number of hydrogen-bond donors (Lipinski definition) is 1. The maximum Gasteiger partial charge on any atom is 0.340 e. The number of carbonyl (C=O) groups excluding carboxylic acids is 2. The highest BCUT2D eigenvalue weighted by Crippen LogP contribution is 2.24. The summed E-state index contributed by atoms with van der Waals surface area (Å²) in [5.41, 5.74) is 0.455. The van der Waals surface area contributed by atoms with Gasteiger partial charge in [0.15, 0.2) is 16.4 Å². The van der Waals surface area contributed by atoms with Crippen molar-refractivity contribution in [3.63, 3.8) is 0 Å². The number of carbonyl (C=O) groups is 2. The van der Waals surface area contributed by atoms with E-state index in [1.54, 1.807) is 19.1 Å². The molecule has 156 valence electrons. The highest BCUT2D eigenvalue weighted by molar-refractivity contribution is 7.91. The SMILES string of the molecule is COC(=O)Cc1c(C)c2ccc(OCC(=O)N[C@@H]3CCS(=O)(=O)C3)cc2oc1=O. The molecule has 1 N–H and O–H groups in total. The summed E-state index contributed by atoms with van der Waals surface area (Å²) in [4.78, 5) is 35.7. The molecule has 3 rings (SSSR count). The first kappa shape index (κ1) is 20.8. The van der Waals surface area contributed by atoms with E-state index < -0.39 is 33.4 Å². The Bertz CT molecular complexity index is 1120. The Morgan fingerprint density at radius 2 is 2.07 bits per heavy atom. The molecule has 1 aliphatic heterocycles. The van der Waals surface area contributed by atoms with Crippen LogP contribution in [0.3, 0.4) is 0 Å². The lowest BCUT2D eigenvalue weighted by molar-refractivity contribution is -0.139. The molecule has 2 aromatic rings. The third kappa shape index (κ3) is 4.94. The zero-order chi connectivity index (χ0) is 21.2. The summed E-state index contributed by atoms with van der Waals surface area (Å²) in [6, 6.07) is 4.37. The van der Waals surface area contributed by atoms with Gasteiger partial charge >= 0.3 is 11.6 Å². The first-order valence-corrected chi connectivity index (χ1v) is 10.8. The van der Waals surface area contributed by atoms with E-state index in [1.807, 2.05) is 0 Å². The van der Waals surface area contributed by atoms with E-state index in [4.69, 9.17) is 9.15 Å². The second kappa shape index (κ2) is 8.24. The molecule has 1 amide bonds. The molecule has 0 unspecified atom stereocenters. The number of aryl methyl sites for hydroxylation is 1. The van der Waals surface area contributed by atoms with Crippen LogP contribution in [0.2, 0.25) is 0 Å². The van der Waals surface area contributed by atoms with Crippen LogP contribution in [0, 0.1) is 6.92 Å². The van der Waals surface area contributed by atoms with Gasteiger partial charge in [-0.2, -0.15) is 0 Å². The molecule has 1 aromatic heterocycles. The summed E-state index contributed by atoms with van der Waals surface area (Å²) in [5, 5.41) is 3.27. The van der Waals surface area contributed by atoms with Gasteiger partial charge in [0.05, 0.1) is 30.6 Å². The average Bonchev–Trinajstić information content (AvgIpc) is 3.01. The van der Waals surface area contributed by atoms with Gasteiger partial charge < -0.3 is 19.2 Å². The molecule has 29 heavy (non-hydrogen) atoms. The number of amides is 1. The Hall–Kier alpha value is -2.88. The summed E-state index contributed by atoms with van der Waals surface area (Å²) < 4.78 is 38.2. The predicted octanol–water partition coefficient (Wildman–Crippen LogP) is 0.499. The second-order valence-corrected chi connectivity index (χ2v) is 9.09. The van der Waals surface area contributed by atoms with E-state index >= 15 is 0 Å². The smallest absolute Gasteiger partial charge is 0.340 e. The summed E-state index contributed by atoms with van der Waals surface area (Å²) in [6.07, 6.45) is 0.207. The topological polar surface area (TPSA) is 129 Å². The molecule has 1 atom stereocenters. The third-order valence-corrected chi connectivity index (χ3v) is 6.54. The molecule has 2 heterocycles. The minimum Gasteiger partial charge on any atom is -0.484 e.